The first-order valence-electron chi connectivity index (χ1n) is 13.9. The summed E-state index contributed by atoms with van der Waals surface area (Å²) in [6, 6.07) is 34.6. The molecular weight excluding hydrogens is 565 g/mol. The van der Waals surface area contributed by atoms with Gasteiger partial charge >= 0.3 is 0 Å². The van der Waals surface area contributed by atoms with E-state index in [1.165, 1.54) is 43.8 Å². The second-order valence-corrected chi connectivity index (χ2v) is 12.8. The number of aryl methyl sites for hydroxylation is 4. The van der Waals surface area contributed by atoms with Gasteiger partial charge in [-0.15, -0.1) is 0 Å². The molecule has 0 radical (unpaired) electrons. The molecule has 0 heterocycles. The van der Waals surface area contributed by atoms with Gasteiger partial charge in [-0.1, -0.05) is 101 Å². The number of anilines is 4. The van der Waals surface area contributed by atoms with Gasteiger partial charge in [0.15, 0.2) is 8.64 Å². The van der Waals surface area contributed by atoms with Crippen LogP contribution in [0.15, 0.2) is 97.1 Å². The molecule has 0 bridgehead atoms. The summed E-state index contributed by atoms with van der Waals surface area (Å²) >= 11 is 12.1. The lowest BCUT2D eigenvalue weighted by atomic mass is 10.1. The maximum Gasteiger partial charge on any atom is 0.156 e. The molecule has 0 aromatic heterocycles. The Kier molecular flexibility index (Phi) is 11.2. The van der Waals surface area contributed by atoms with Crippen LogP contribution in [0.5, 0.6) is 0 Å². The lowest BCUT2D eigenvalue weighted by Gasteiger charge is -2.28. The van der Waals surface area contributed by atoms with Gasteiger partial charge in [-0.25, -0.2) is 0 Å². The van der Waals surface area contributed by atoms with Gasteiger partial charge in [0.25, 0.3) is 0 Å². The van der Waals surface area contributed by atoms with Gasteiger partial charge in [-0.2, -0.15) is 0 Å². The largest absolute Gasteiger partial charge is 0.295 e. The second kappa shape index (κ2) is 14.8. The van der Waals surface area contributed by atoms with Gasteiger partial charge in [0.2, 0.25) is 0 Å². The van der Waals surface area contributed by atoms with Crippen LogP contribution in [0.25, 0.3) is 0 Å². The Morgan fingerprint density at radius 2 is 0.625 bits per heavy atom. The van der Waals surface area contributed by atoms with Crippen molar-refractivity contribution < 1.29 is 0 Å². The van der Waals surface area contributed by atoms with Gasteiger partial charge in [0, 0.05) is 22.7 Å². The van der Waals surface area contributed by atoms with Crippen molar-refractivity contribution in [2.45, 2.75) is 53.4 Å². The fraction of sp³-hybridized carbons (Fsp3) is 0.235. The molecule has 40 heavy (non-hydrogen) atoms. The molecule has 6 heteroatoms. The molecule has 2 nitrogen and oxygen atoms in total. The molecule has 0 aliphatic rings. The third-order valence-electron chi connectivity index (χ3n) is 6.96. The van der Waals surface area contributed by atoms with Crippen molar-refractivity contribution >= 4 is 77.4 Å². The summed E-state index contributed by atoms with van der Waals surface area (Å²) in [7, 11) is 3.05. The molecule has 4 rings (SSSR count). The summed E-state index contributed by atoms with van der Waals surface area (Å²) in [5.41, 5.74) is 9.41. The Labute approximate surface area is 258 Å². The maximum absolute atomic E-state index is 6.06. The quantitative estimate of drug-likeness (QED) is 0.146. The van der Waals surface area contributed by atoms with Gasteiger partial charge in [-0.3, -0.25) is 9.80 Å². The third-order valence-corrected chi connectivity index (χ3v) is 10.4. The van der Waals surface area contributed by atoms with E-state index in [4.69, 9.17) is 24.4 Å². The van der Waals surface area contributed by atoms with Crippen LogP contribution in [-0.4, -0.2) is 8.64 Å². The maximum atomic E-state index is 6.06. The lowest BCUT2D eigenvalue weighted by molar-refractivity contribution is 1.13. The zero-order valence-electron chi connectivity index (χ0n) is 23.6. The fourth-order valence-electron chi connectivity index (χ4n) is 4.39. The normalized spacial score (nSPS) is 10.8. The van der Waals surface area contributed by atoms with Crippen LogP contribution < -0.4 is 9.80 Å². The zero-order chi connectivity index (χ0) is 28.5. The Hall–Kier alpha value is -2.64. The summed E-state index contributed by atoms with van der Waals surface area (Å²) in [6.07, 6.45) is 4.01. The van der Waals surface area contributed by atoms with Crippen LogP contribution in [0.1, 0.15) is 49.9 Å². The van der Waals surface area contributed by atoms with Crippen molar-refractivity contribution in [1.82, 2.24) is 0 Å². The number of nitrogens with zero attached hydrogens (tertiary/aromatic N) is 2. The fourth-order valence-corrected chi connectivity index (χ4v) is 7.01. The summed E-state index contributed by atoms with van der Waals surface area (Å²) < 4.78 is 1.48. The number of thiocarbonyl (C=S) groups is 2. The molecule has 0 fully saturated rings. The standard InChI is InChI=1S/C34H36N2S4/c1-5-25-9-17-29(18-10-25)35(30-19-11-26(6-2)12-20-30)33(37)39-40-34(38)36(31-21-13-27(7-3)14-22-31)32-23-15-28(8-4)16-24-32/h9-24H,5-8H2,1-4H3. The van der Waals surface area contributed by atoms with Crippen LogP contribution in [0.3, 0.4) is 0 Å². The van der Waals surface area contributed by atoms with Crippen molar-refractivity contribution in [1.29, 1.82) is 0 Å². The molecule has 0 spiro atoms. The van der Waals surface area contributed by atoms with E-state index in [0.29, 0.717) is 0 Å². The Bertz CT molecular complexity index is 1190. The predicted molar refractivity (Wildman–Crippen MR) is 188 cm³/mol. The van der Waals surface area contributed by atoms with Crippen LogP contribution in [0, 0.1) is 0 Å². The summed E-state index contributed by atoms with van der Waals surface area (Å²) in [6.45, 7) is 8.69. The van der Waals surface area contributed by atoms with Crippen LogP contribution in [0.4, 0.5) is 22.7 Å². The summed E-state index contributed by atoms with van der Waals surface area (Å²) in [5.74, 6) is 0. The van der Waals surface area contributed by atoms with E-state index in [1.54, 1.807) is 0 Å². The highest BCUT2D eigenvalue weighted by atomic mass is 33.1. The predicted octanol–water partition coefficient (Wildman–Crippen LogP) is 10.9. The highest BCUT2D eigenvalue weighted by Gasteiger charge is 2.21. The van der Waals surface area contributed by atoms with E-state index in [2.05, 4.69) is 135 Å². The molecule has 0 N–H and O–H groups in total. The summed E-state index contributed by atoms with van der Waals surface area (Å²) in [5, 5.41) is 0. The topological polar surface area (TPSA) is 6.48 Å². The molecule has 0 saturated heterocycles. The first-order chi connectivity index (χ1) is 19.5. The molecule has 0 saturated carbocycles. The molecule has 4 aromatic rings. The smallest absolute Gasteiger partial charge is 0.156 e. The third kappa shape index (κ3) is 7.55. The molecule has 206 valence electrons. The molecule has 0 aliphatic carbocycles. The minimum Gasteiger partial charge on any atom is -0.295 e. The zero-order valence-corrected chi connectivity index (χ0v) is 26.9. The van der Waals surface area contributed by atoms with E-state index in [-0.39, 0.29) is 0 Å². The molecule has 0 aliphatic heterocycles. The SMILES string of the molecule is CCc1ccc(N(C(=S)SSC(=S)N(c2ccc(CC)cc2)c2ccc(CC)cc2)c2ccc(CC)cc2)cc1. The highest BCUT2D eigenvalue weighted by molar-refractivity contribution is 8.89. The Morgan fingerprint density at radius 3 is 0.800 bits per heavy atom. The molecule has 0 unspecified atom stereocenters. The van der Waals surface area contributed by atoms with E-state index in [0.717, 1.165) is 57.1 Å². The molecule has 4 aromatic carbocycles. The lowest BCUT2D eigenvalue weighted by Crippen LogP contribution is -2.23. The van der Waals surface area contributed by atoms with Gasteiger partial charge in [0.1, 0.15) is 0 Å². The first kappa shape index (κ1) is 30.3. The van der Waals surface area contributed by atoms with Gasteiger partial charge in [-0.05, 0) is 118 Å². The van der Waals surface area contributed by atoms with E-state index in [9.17, 15) is 0 Å². The van der Waals surface area contributed by atoms with Crippen molar-refractivity contribution in [3.05, 3.63) is 119 Å². The number of rotatable bonds is 8. The van der Waals surface area contributed by atoms with Gasteiger partial charge in [0.05, 0.1) is 0 Å². The highest BCUT2D eigenvalue weighted by Crippen LogP contribution is 2.38. The molecule has 0 amide bonds. The van der Waals surface area contributed by atoms with E-state index < -0.39 is 0 Å². The van der Waals surface area contributed by atoms with E-state index in [1.807, 2.05) is 0 Å². The van der Waals surface area contributed by atoms with Crippen molar-refractivity contribution in [2.75, 3.05) is 9.80 Å². The van der Waals surface area contributed by atoms with Gasteiger partial charge < -0.3 is 0 Å². The minimum absolute atomic E-state index is 0.739. The van der Waals surface area contributed by atoms with E-state index >= 15 is 0 Å². The molecular formula is C34H36N2S4. The number of benzene rings is 4. The number of hydrogen-bond acceptors (Lipinski definition) is 4. The molecule has 0 atom stereocenters. The summed E-state index contributed by atoms with van der Waals surface area (Å²) in [4.78, 5) is 4.29. The Balaban J connectivity index is 1.60. The van der Waals surface area contributed by atoms with Crippen LogP contribution in [0.2, 0.25) is 0 Å². The monoisotopic (exact) mass is 600 g/mol. The van der Waals surface area contributed by atoms with Crippen LogP contribution in [-0.2, 0) is 25.7 Å². The minimum atomic E-state index is 0.739. The Morgan fingerprint density at radius 1 is 0.425 bits per heavy atom. The van der Waals surface area contributed by atoms with Crippen molar-refractivity contribution in [3.63, 3.8) is 0 Å². The number of hydrogen-bond donors (Lipinski definition) is 0. The first-order valence-corrected chi connectivity index (χ1v) is 16.8. The average Bonchev–Trinajstić information content (AvgIpc) is 3.01. The van der Waals surface area contributed by atoms with Crippen molar-refractivity contribution in [3.8, 4) is 0 Å². The second-order valence-electron chi connectivity index (χ2n) is 9.45. The van der Waals surface area contributed by atoms with Crippen LogP contribution >= 0.6 is 46.0 Å². The average molecular weight is 601 g/mol. The van der Waals surface area contributed by atoms with Crippen molar-refractivity contribution in [2.24, 2.45) is 0 Å².